The van der Waals surface area contributed by atoms with Crippen molar-refractivity contribution in [2.45, 2.75) is 20.3 Å². The standard InChI is InChI=1S/C14H18N2O4/c1-3-12(17)16-11-7-5-6-10(8-11)14(19)15-9-13(18)20-4-2/h5-8H,3-4,9H2,1-2H3,(H,15,19)(H,16,17). The van der Waals surface area contributed by atoms with Crippen molar-refractivity contribution in [1.82, 2.24) is 5.32 Å². The number of ether oxygens (including phenoxy) is 1. The van der Waals surface area contributed by atoms with Gasteiger partial charge in [-0.2, -0.15) is 0 Å². The van der Waals surface area contributed by atoms with Crippen LogP contribution in [0.5, 0.6) is 0 Å². The monoisotopic (exact) mass is 278 g/mol. The summed E-state index contributed by atoms with van der Waals surface area (Å²) in [7, 11) is 0. The molecule has 0 atom stereocenters. The van der Waals surface area contributed by atoms with E-state index in [2.05, 4.69) is 10.6 Å². The Morgan fingerprint density at radius 2 is 1.95 bits per heavy atom. The first-order valence-electron chi connectivity index (χ1n) is 6.40. The first-order valence-corrected chi connectivity index (χ1v) is 6.40. The molecule has 1 rings (SSSR count). The van der Waals surface area contributed by atoms with Gasteiger partial charge in [0.15, 0.2) is 0 Å². The third kappa shape index (κ3) is 5.09. The normalized spacial score (nSPS) is 9.70. The van der Waals surface area contributed by atoms with Crippen molar-refractivity contribution in [3.05, 3.63) is 29.8 Å². The summed E-state index contributed by atoms with van der Waals surface area (Å²) in [4.78, 5) is 34.2. The van der Waals surface area contributed by atoms with E-state index in [1.54, 1.807) is 38.1 Å². The number of rotatable bonds is 6. The molecule has 0 spiro atoms. The van der Waals surface area contributed by atoms with Crippen molar-refractivity contribution in [2.24, 2.45) is 0 Å². The molecule has 1 aromatic rings. The van der Waals surface area contributed by atoms with Crippen molar-refractivity contribution in [1.29, 1.82) is 0 Å². The summed E-state index contributed by atoms with van der Waals surface area (Å²) in [5.74, 6) is -1.02. The summed E-state index contributed by atoms with van der Waals surface area (Å²) in [6, 6.07) is 6.50. The Balaban J connectivity index is 2.62. The molecule has 0 bridgehead atoms. The van der Waals surface area contributed by atoms with E-state index in [4.69, 9.17) is 4.74 Å². The number of esters is 1. The second kappa shape index (κ2) is 7.93. The minimum Gasteiger partial charge on any atom is -0.465 e. The summed E-state index contributed by atoms with van der Waals surface area (Å²) < 4.78 is 4.71. The molecule has 0 heterocycles. The largest absolute Gasteiger partial charge is 0.465 e. The highest BCUT2D eigenvalue weighted by Gasteiger charge is 2.09. The molecule has 6 nitrogen and oxygen atoms in total. The van der Waals surface area contributed by atoms with Gasteiger partial charge in [-0.3, -0.25) is 14.4 Å². The van der Waals surface area contributed by atoms with Crippen LogP contribution in [-0.4, -0.2) is 30.9 Å². The van der Waals surface area contributed by atoms with Gasteiger partial charge in [-0.1, -0.05) is 13.0 Å². The van der Waals surface area contributed by atoms with Gasteiger partial charge >= 0.3 is 5.97 Å². The Labute approximate surface area is 117 Å². The Bertz CT molecular complexity index is 500. The van der Waals surface area contributed by atoms with Crippen LogP contribution in [0.3, 0.4) is 0 Å². The topological polar surface area (TPSA) is 84.5 Å². The summed E-state index contributed by atoms with van der Waals surface area (Å²) in [6.45, 7) is 3.52. The molecule has 6 heteroatoms. The molecule has 0 saturated heterocycles. The summed E-state index contributed by atoms with van der Waals surface area (Å²) in [5, 5.41) is 5.11. The molecule has 0 aliphatic heterocycles. The minimum absolute atomic E-state index is 0.130. The Morgan fingerprint density at radius 1 is 1.20 bits per heavy atom. The summed E-state index contributed by atoms with van der Waals surface area (Å²) in [6.07, 6.45) is 0.360. The molecule has 20 heavy (non-hydrogen) atoms. The number of hydrogen-bond donors (Lipinski definition) is 2. The van der Waals surface area contributed by atoms with Crippen LogP contribution in [0.1, 0.15) is 30.6 Å². The lowest BCUT2D eigenvalue weighted by Crippen LogP contribution is -2.30. The lowest BCUT2D eigenvalue weighted by Gasteiger charge is -2.07. The second-order valence-corrected chi connectivity index (χ2v) is 3.97. The average molecular weight is 278 g/mol. The highest BCUT2D eigenvalue weighted by Crippen LogP contribution is 2.10. The lowest BCUT2D eigenvalue weighted by molar-refractivity contribution is -0.141. The Morgan fingerprint density at radius 3 is 2.60 bits per heavy atom. The number of benzene rings is 1. The molecule has 0 aliphatic carbocycles. The molecule has 0 unspecified atom stereocenters. The van der Waals surface area contributed by atoms with Crippen LogP contribution in [0.4, 0.5) is 5.69 Å². The van der Waals surface area contributed by atoms with E-state index >= 15 is 0 Å². The van der Waals surface area contributed by atoms with E-state index < -0.39 is 11.9 Å². The lowest BCUT2D eigenvalue weighted by atomic mass is 10.2. The summed E-state index contributed by atoms with van der Waals surface area (Å²) >= 11 is 0. The molecule has 2 amide bonds. The maximum Gasteiger partial charge on any atom is 0.325 e. The SMILES string of the molecule is CCOC(=O)CNC(=O)c1cccc(NC(=O)CC)c1. The van der Waals surface area contributed by atoms with Crippen LogP contribution in [0.15, 0.2) is 24.3 Å². The molecule has 108 valence electrons. The van der Waals surface area contributed by atoms with E-state index in [1.165, 1.54) is 0 Å². The fraction of sp³-hybridized carbons (Fsp3) is 0.357. The average Bonchev–Trinajstić information content (AvgIpc) is 2.45. The van der Waals surface area contributed by atoms with Gasteiger partial charge in [-0.15, -0.1) is 0 Å². The zero-order chi connectivity index (χ0) is 15.0. The van der Waals surface area contributed by atoms with E-state index in [-0.39, 0.29) is 19.1 Å². The first kappa shape index (κ1) is 15.7. The highest BCUT2D eigenvalue weighted by atomic mass is 16.5. The zero-order valence-corrected chi connectivity index (χ0v) is 11.6. The van der Waals surface area contributed by atoms with Crippen LogP contribution >= 0.6 is 0 Å². The third-order valence-corrected chi connectivity index (χ3v) is 2.43. The van der Waals surface area contributed by atoms with Gasteiger partial charge in [-0.25, -0.2) is 0 Å². The maximum atomic E-state index is 11.8. The van der Waals surface area contributed by atoms with Crippen molar-refractivity contribution in [3.8, 4) is 0 Å². The van der Waals surface area contributed by atoms with Gasteiger partial charge in [0.05, 0.1) is 6.61 Å². The van der Waals surface area contributed by atoms with E-state index in [9.17, 15) is 14.4 Å². The molecule has 0 radical (unpaired) electrons. The predicted molar refractivity (Wildman–Crippen MR) is 74.3 cm³/mol. The van der Waals surface area contributed by atoms with E-state index in [0.717, 1.165) is 0 Å². The van der Waals surface area contributed by atoms with Crippen molar-refractivity contribution in [3.63, 3.8) is 0 Å². The number of anilines is 1. The van der Waals surface area contributed by atoms with Crippen LogP contribution in [0.25, 0.3) is 0 Å². The Hall–Kier alpha value is -2.37. The minimum atomic E-state index is -0.490. The molecular formula is C14H18N2O4. The number of carbonyl (C=O) groups is 3. The van der Waals surface area contributed by atoms with Crippen molar-refractivity contribution < 1.29 is 19.1 Å². The number of hydrogen-bond acceptors (Lipinski definition) is 4. The fourth-order valence-electron chi connectivity index (χ4n) is 1.45. The smallest absolute Gasteiger partial charge is 0.325 e. The van der Waals surface area contributed by atoms with Crippen LogP contribution in [-0.2, 0) is 14.3 Å². The van der Waals surface area contributed by atoms with Gasteiger partial charge in [0.1, 0.15) is 6.54 Å². The highest BCUT2D eigenvalue weighted by molar-refractivity contribution is 5.98. The molecular weight excluding hydrogens is 260 g/mol. The zero-order valence-electron chi connectivity index (χ0n) is 11.6. The Kier molecular flexibility index (Phi) is 6.22. The van der Waals surface area contributed by atoms with Gasteiger partial charge in [0, 0.05) is 17.7 Å². The summed E-state index contributed by atoms with van der Waals surface area (Å²) in [5.41, 5.74) is 0.906. The number of amides is 2. The van der Waals surface area contributed by atoms with Crippen molar-refractivity contribution in [2.75, 3.05) is 18.5 Å². The predicted octanol–water partition coefficient (Wildman–Crippen LogP) is 1.33. The maximum absolute atomic E-state index is 11.8. The van der Waals surface area contributed by atoms with Gasteiger partial charge in [-0.05, 0) is 25.1 Å². The molecule has 0 saturated carbocycles. The number of nitrogens with one attached hydrogen (secondary N) is 2. The fourth-order valence-corrected chi connectivity index (χ4v) is 1.45. The van der Waals surface area contributed by atoms with E-state index in [0.29, 0.717) is 17.7 Å². The second-order valence-electron chi connectivity index (χ2n) is 3.97. The third-order valence-electron chi connectivity index (χ3n) is 2.43. The van der Waals surface area contributed by atoms with E-state index in [1.807, 2.05) is 0 Å². The first-order chi connectivity index (χ1) is 9.56. The molecule has 2 N–H and O–H groups in total. The molecule has 0 fully saturated rings. The van der Waals surface area contributed by atoms with Gasteiger partial charge in [0.25, 0.3) is 5.91 Å². The number of carbonyl (C=O) groups excluding carboxylic acids is 3. The molecule has 0 aromatic heterocycles. The molecule has 0 aliphatic rings. The van der Waals surface area contributed by atoms with Crippen LogP contribution in [0, 0.1) is 0 Å². The van der Waals surface area contributed by atoms with Crippen LogP contribution in [0.2, 0.25) is 0 Å². The van der Waals surface area contributed by atoms with Gasteiger partial charge < -0.3 is 15.4 Å². The van der Waals surface area contributed by atoms with Gasteiger partial charge in [0.2, 0.25) is 5.91 Å². The van der Waals surface area contributed by atoms with Crippen molar-refractivity contribution >= 4 is 23.5 Å². The van der Waals surface area contributed by atoms with Crippen LogP contribution < -0.4 is 10.6 Å². The molecule has 1 aromatic carbocycles. The quantitative estimate of drug-likeness (QED) is 0.769.